The monoisotopic (exact) mass is 505 g/mol. The van der Waals surface area contributed by atoms with Gasteiger partial charge in [0.15, 0.2) is 0 Å². The third-order valence-electron chi connectivity index (χ3n) is 2.72. The molecule has 1 aliphatic heterocycles. The number of aliphatic hydroxyl groups is 2. The predicted molar refractivity (Wildman–Crippen MR) is 68.2 cm³/mol. The molecule has 0 aliphatic carbocycles. The second-order valence-electron chi connectivity index (χ2n) is 3.86. The molecule has 3 atom stereocenters. The van der Waals surface area contributed by atoms with Gasteiger partial charge in [-0.05, 0) is 6.07 Å². The molecule has 1 saturated heterocycles. The largest absolute Gasteiger partial charge is 0.722 e. The van der Waals surface area contributed by atoms with Gasteiger partial charge in [-0.2, -0.15) is 0 Å². The Morgan fingerprint density at radius 1 is 1.60 bits per heavy atom. The molecule has 0 amide bonds. The fourth-order valence-corrected chi connectivity index (χ4v) is 1.77. The van der Waals surface area contributed by atoms with Crippen LogP contribution < -0.4 is 11.2 Å². The van der Waals surface area contributed by atoms with Gasteiger partial charge in [0.1, 0.15) is 12.3 Å². The van der Waals surface area contributed by atoms with Crippen LogP contribution >= 0.6 is 18.8 Å². The fraction of sp³-hybridized carbons (Fsp3) is 0.556. The third kappa shape index (κ3) is 4.06. The summed E-state index contributed by atoms with van der Waals surface area (Å²) < 4.78 is 6.68. The molecular weight excluding hydrogens is 494 g/mol. The molecule has 0 bridgehead atoms. The quantitative estimate of drug-likeness (QED) is 0.585. The van der Waals surface area contributed by atoms with E-state index >= 15 is 0 Å². The van der Waals surface area contributed by atoms with Gasteiger partial charge in [-0.25, -0.2) is 0 Å². The molecule has 1 aromatic heterocycles. The van der Waals surface area contributed by atoms with Gasteiger partial charge in [0.2, 0.25) is 5.69 Å². The third-order valence-corrected chi connectivity index (χ3v) is 2.72. The van der Waals surface area contributed by atoms with E-state index in [9.17, 15) is 9.90 Å². The molecule has 8 nitrogen and oxygen atoms in total. The number of nitrogens with one attached hydrogen (secondary N) is 1. The molecule has 1 aliphatic rings. The summed E-state index contributed by atoms with van der Waals surface area (Å²) in [5.74, 6) is 7.26. The van der Waals surface area contributed by atoms with E-state index in [1.54, 1.807) is 0 Å². The number of aromatic nitrogens is 2. The van der Waals surface area contributed by atoms with Crippen molar-refractivity contribution in [2.75, 3.05) is 6.61 Å². The van der Waals surface area contributed by atoms with Gasteiger partial charge in [0, 0.05) is 12.6 Å². The van der Waals surface area contributed by atoms with E-state index < -0.39 is 46.1 Å². The summed E-state index contributed by atoms with van der Waals surface area (Å²) in [6, 6.07) is 1.18. The van der Waals surface area contributed by atoms with E-state index in [2.05, 4.69) is 0 Å². The molecule has 1 fully saturated rings. The number of hydrogen-bond donors (Lipinski definition) is 2. The van der Waals surface area contributed by atoms with Gasteiger partial charge in [0.25, 0.3) is 0 Å². The Morgan fingerprint density at radius 3 is 2.70 bits per heavy atom. The second-order valence-corrected chi connectivity index (χ2v) is 7.14. The van der Waals surface area contributed by atoms with Crippen LogP contribution in [0.4, 0.5) is 0 Å². The number of halogens is 2. The van der Waals surface area contributed by atoms with Crippen LogP contribution in [-0.2, 0) is 21.2 Å². The number of aliphatic hydroxyl groups excluding tert-OH is 2. The second kappa shape index (κ2) is 8.16. The fourth-order valence-electron chi connectivity index (χ4n) is 1.77. The standard InChI is InChI=1S/C9H12N4O4.2ClH.Pt/c10-7-1-2-12(9(16)13(7)11)8-3-5(15)6(4-14)17-8;;;/h1-2,5-6,8,11,14-15H,3-4H2;2*1H;/q-2;;;+4/p-2. The van der Waals surface area contributed by atoms with Crippen LogP contribution in [0.1, 0.15) is 12.6 Å². The zero-order valence-corrected chi connectivity index (χ0v) is 13.7. The van der Waals surface area contributed by atoms with Gasteiger partial charge >= 0.3 is 35.3 Å². The minimum Gasteiger partial charge on any atom is -0.722 e. The molecule has 1 aromatic rings. The summed E-state index contributed by atoms with van der Waals surface area (Å²) >= 11 is -0.472. The van der Waals surface area contributed by atoms with Crippen molar-refractivity contribution >= 4 is 18.8 Å². The van der Waals surface area contributed by atoms with Crippen LogP contribution in [0.2, 0.25) is 0 Å². The Kier molecular flexibility index (Phi) is 7.22. The topological polar surface area (TPSA) is 123 Å². The summed E-state index contributed by atoms with van der Waals surface area (Å²) in [4.78, 5) is 11.6. The molecule has 116 valence electrons. The van der Waals surface area contributed by atoms with Crippen LogP contribution in [0.25, 0.3) is 11.3 Å². The van der Waals surface area contributed by atoms with Gasteiger partial charge in [-0.3, -0.25) is 9.36 Å². The van der Waals surface area contributed by atoms with Crippen LogP contribution in [0, 0.1) is 0 Å². The van der Waals surface area contributed by atoms with Crippen molar-refractivity contribution in [3.05, 3.63) is 39.5 Å². The maximum Gasteiger partial charge on any atom is 0.230 e. The molecule has 11 heteroatoms. The van der Waals surface area contributed by atoms with Gasteiger partial charge in [-0.15, -0.1) is 0 Å². The van der Waals surface area contributed by atoms with E-state index in [0.717, 1.165) is 4.57 Å². The number of nitrogens with zero attached hydrogens (tertiary/aromatic N) is 3. The maximum absolute atomic E-state index is 11.6. The van der Waals surface area contributed by atoms with Crippen molar-refractivity contribution in [1.82, 2.24) is 9.24 Å². The van der Waals surface area contributed by atoms with Gasteiger partial charge < -0.3 is 30.9 Å². The Hall–Kier alpha value is -0.372. The normalized spacial score (nSPS) is 25.3. The molecule has 0 aromatic carbocycles. The molecule has 3 unspecified atom stereocenters. The molecule has 2 heterocycles. The predicted octanol–water partition coefficient (Wildman–Crippen LogP) is -0.0476. The van der Waals surface area contributed by atoms with Crippen molar-refractivity contribution in [2.24, 2.45) is 0 Å². The van der Waals surface area contributed by atoms with Crippen molar-refractivity contribution in [3.8, 4) is 0 Å². The molecule has 20 heavy (non-hydrogen) atoms. The summed E-state index contributed by atoms with van der Waals surface area (Å²) in [7, 11) is 9.75. The molecule has 0 spiro atoms. The summed E-state index contributed by atoms with van der Waals surface area (Å²) in [5, 5.41) is 27.6. The van der Waals surface area contributed by atoms with E-state index in [4.69, 9.17) is 39.9 Å². The first-order chi connectivity index (χ1) is 9.46. The maximum atomic E-state index is 11.6. The summed E-state index contributed by atoms with van der Waals surface area (Å²) in [6.07, 6.45) is -0.910. The van der Waals surface area contributed by atoms with Crippen molar-refractivity contribution in [3.63, 3.8) is 0 Å². The van der Waals surface area contributed by atoms with Crippen LogP contribution in [0.15, 0.2) is 17.1 Å². The van der Waals surface area contributed by atoms with Crippen LogP contribution in [0.3, 0.4) is 0 Å². The minimum absolute atomic E-state index is 0.149. The summed E-state index contributed by atoms with van der Waals surface area (Å²) in [5.41, 5.74) is -1.26. The Balaban J connectivity index is 0.000000612. The molecule has 3 N–H and O–H groups in total. The summed E-state index contributed by atoms with van der Waals surface area (Å²) in [6.45, 7) is -0.342. The average Bonchev–Trinajstić information content (AvgIpc) is 2.78. The molecule has 0 saturated carbocycles. The zero-order chi connectivity index (χ0) is 15.3. The number of hydrogen-bond acceptors (Lipinski definition) is 4. The first-order valence-electron chi connectivity index (χ1n) is 5.30. The van der Waals surface area contributed by atoms with Crippen molar-refractivity contribution in [1.29, 1.82) is 0 Å². The minimum atomic E-state index is -0.857. The molecule has 2 rings (SSSR count). The van der Waals surface area contributed by atoms with E-state index in [1.165, 1.54) is 12.3 Å². The molecule has 0 radical (unpaired) electrons. The van der Waals surface area contributed by atoms with Crippen molar-refractivity contribution < 1.29 is 31.4 Å². The number of rotatable bonds is 2. The Bertz CT molecular complexity index is 551. The average molecular weight is 506 g/mol. The van der Waals surface area contributed by atoms with E-state index in [1.807, 2.05) is 0 Å². The van der Waals surface area contributed by atoms with Gasteiger partial charge in [-0.1, -0.05) is 5.49 Å². The Labute approximate surface area is 130 Å². The molecular formula is C9H12Cl2N4O4Pt. The first-order valence-corrected chi connectivity index (χ1v) is 10.9. The van der Waals surface area contributed by atoms with E-state index in [0.29, 0.717) is 4.68 Å². The van der Waals surface area contributed by atoms with Crippen molar-refractivity contribution in [2.45, 2.75) is 24.9 Å². The van der Waals surface area contributed by atoms with E-state index in [-0.39, 0.29) is 13.0 Å². The Morgan fingerprint density at radius 2 is 2.20 bits per heavy atom. The SMILES string of the molecule is [Cl][Pt+2][Cl].[N-]=c1ccn(C2CC(O)C(CO)O2)c(=O)n1[NH-]. The van der Waals surface area contributed by atoms with Gasteiger partial charge in [0.05, 0.1) is 12.7 Å². The first kappa shape index (κ1) is 17.7. The zero-order valence-electron chi connectivity index (χ0n) is 9.93. The number of ether oxygens (including phenoxy) is 1. The smallest absolute Gasteiger partial charge is 0.230 e. The van der Waals surface area contributed by atoms with Crippen LogP contribution in [0.5, 0.6) is 0 Å². The van der Waals surface area contributed by atoms with Crippen LogP contribution in [-0.4, -0.2) is 38.3 Å².